The number of ether oxygens (including phenoxy) is 1. The average Bonchev–Trinajstić information content (AvgIpc) is 2.85. The molecule has 1 aromatic carbocycles. The summed E-state index contributed by atoms with van der Waals surface area (Å²) in [5.74, 6) is 0.895. The smallest absolute Gasteiger partial charge is 0.131 e. The Morgan fingerprint density at radius 1 is 1.10 bits per heavy atom. The van der Waals surface area contributed by atoms with Crippen molar-refractivity contribution >= 4 is 11.3 Å². The lowest BCUT2D eigenvalue weighted by molar-refractivity contribution is 0.321. The zero-order valence-electron chi connectivity index (χ0n) is 12.2. The van der Waals surface area contributed by atoms with Crippen molar-refractivity contribution < 1.29 is 4.74 Å². The van der Waals surface area contributed by atoms with Crippen molar-refractivity contribution in [2.75, 3.05) is 6.61 Å². The molecule has 4 nitrogen and oxygen atoms in total. The number of para-hydroxylation sites is 1. The van der Waals surface area contributed by atoms with Crippen molar-refractivity contribution in [3.05, 3.63) is 40.3 Å². The van der Waals surface area contributed by atoms with Gasteiger partial charge in [-0.15, -0.1) is 21.5 Å². The Bertz CT molecular complexity index is 519. The van der Waals surface area contributed by atoms with Crippen molar-refractivity contribution in [2.45, 2.75) is 39.3 Å². The molecule has 0 saturated carbocycles. The molecule has 0 amide bonds. The van der Waals surface area contributed by atoms with E-state index in [1.165, 1.54) is 0 Å². The Morgan fingerprint density at radius 3 is 2.50 bits per heavy atom. The third kappa shape index (κ3) is 5.27. The largest absolute Gasteiger partial charge is 0.493 e. The molecule has 5 heteroatoms. The van der Waals surface area contributed by atoms with Crippen LogP contribution >= 0.6 is 11.3 Å². The van der Waals surface area contributed by atoms with Crippen molar-refractivity contribution in [1.82, 2.24) is 15.5 Å². The van der Waals surface area contributed by atoms with Crippen molar-refractivity contribution in [2.24, 2.45) is 0 Å². The number of hydrogen-bond donors (Lipinski definition) is 1. The Balaban J connectivity index is 1.75. The van der Waals surface area contributed by atoms with Gasteiger partial charge < -0.3 is 10.1 Å². The van der Waals surface area contributed by atoms with E-state index in [4.69, 9.17) is 4.74 Å². The van der Waals surface area contributed by atoms with Crippen molar-refractivity contribution in [1.29, 1.82) is 0 Å². The zero-order chi connectivity index (χ0) is 14.4. The van der Waals surface area contributed by atoms with E-state index in [0.29, 0.717) is 6.61 Å². The van der Waals surface area contributed by atoms with Gasteiger partial charge in [-0.3, -0.25) is 0 Å². The van der Waals surface area contributed by atoms with Crippen molar-refractivity contribution in [3.8, 4) is 5.75 Å². The van der Waals surface area contributed by atoms with Gasteiger partial charge in [-0.25, -0.2) is 0 Å². The second-order valence-electron chi connectivity index (χ2n) is 5.60. The van der Waals surface area contributed by atoms with Gasteiger partial charge in [0.2, 0.25) is 0 Å². The van der Waals surface area contributed by atoms with Crippen LogP contribution in [0.3, 0.4) is 0 Å². The molecule has 0 fully saturated rings. The maximum atomic E-state index is 5.66. The number of nitrogens with zero attached hydrogens (tertiary/aromatic N) is 2. The molecule has 0 aliphatic rings. The molecule has 2 aromatic rings. The molecule has 1 N–H and O–H groups in total. The van der Waals surface area contributed by atoms with E-state index in [0.717, 1.165) is 28.7 Å². The lowest BCUT2D eigenvalue weighted by atomic mass is 10.1. The fraction of sp³-hybridized carbons (Fsp3) is 0.467. The van der Waals surface area contributed by atoms with Gasteiger partial charge in [0, 0.05) is 12.0 Å². The zero-order valence-corrected chi connectivity index (χ0v) is 13.0. The van der Waals surface area contributed by atoms with Crippen LogP contribution in [0.15, 0.2) is 30.3 Å². The lowest BCUT2D eigenvalue weighted by Crippen LogP contribution is -2.35. The fourth-order valence-corrected chi connectivity index (χ4v) is 2.34. The van der Waals surface area contributed by atoms with Gasteiger partial charge >= 0.3 is 0 Å². The van der Waals surface area contributed by atoms with Gasteiger partial charge in [-0.05, 0) is 32.9 Å². The van der Waals surface area contributed by atoms with Gasteiger partial charge in [0.15, 0.2) is 0 Å². The SMILES string of the molecule is CC(C)(C)NCc1nnc(CCOc2ccccc2)s1. The predicted octanol–water partition coefficient (Wildman–Crippen LogP) is 3.05. The molecule has 0 radical (unpaired) electrons. The first-order valence-corrected chi connectivity index (χ1v) is 7.59. The highest BCUT2D eigenvalue weighted by Gasteiger charge is 2.11. The first kappa shape index (κ1) is 14.9. The molecule has 2 rings (SSSR count). The summed E-state index contributed by atoms with van der Waals surface area (Å²) in [5.41, 5.74) is 0.0995. The number of benzene rings is 1. The van der Waals surface area contributed by atoms with Crippen molar-refractivity contribution in [3.63, 3.8) is 0 Å². The lowest BCUT2D eigenvalue weighted by Gasteiger charge is -2.19. The number of aromatic nitrogens is 2. The maximum absolute atomic E-state index is 5.66. The second-order valence-corrected chi connectivity index (χ2v) is 6.75. The van der Waals surface area contributed by atoms with E-state index >= 15 is 0 Å². The third-order valence-corrected chi connectivity index (χ3v) is 3.59. The third-order valence-electron chi connectivity index (χ3n) is 2.61. The first-order chi connectivity index (χ1) is 9.53. The fourth-order valence-electron chi connectivity index (χ4n) is 1.57. The minimum Gasteiger partial charge on any atom is -0.493 e. The Hall–Kier alpha value is -1.46. The van der Waals surface area contributed by atoms with Gasteiger partial charge in [-0.2, -0.15) is 0 Å². The molecule has 0 atom stereocenters. The van der Waals surface area contributed by atoms with E-state index in [9.17, 15) is 0 Å². The normalized spacial score (nSPS) is 11.6. The summed E-state index contributed by atoms with van der Waals surface area (Å²) in [7, 11) is 0. The Morgan fingerprint density at radius 2 is 1.80 bits per heavy atom. The Kier molecular flexibility index (Phi) is 5.09. The molecule has 0 aliphatic heterocycles. The topological polar surface area (TPSA) is 47.0 Å². The van der Waals surface area contributed by atoms with Gasteiger partial charge in [0.1, 0.15) is 15.8 Å². The summed E-state index contributed by atoms with van der Waals surface area (Å²) < 4.78 is 5.66. The summed E-state index contributed by atoms with van der Waals surface area (Å²) in [4.78, 5) is 0. The average molecular weight is 291 g/mol. The van der Waals surface area contributed by atoms with E-state index < -0.39 is 0 Å². The molecule has 0 saturated heterocycles. The first-order valence-electron chi connectivity index (χ1n) is 6.77. The van der Waals surface area contributed by atoms with Crippen LogP contribution in [-0.4, -0.2) is 22.3 Å². The van der Waals surface area contributed by atoms with Crippen LogP contribution in [0.2, 0.25) is 0 Å². The highest BCUT2D eigenvalue weighted by atomic mass is 32.1. The summed E-state index contributed by atoms with van der Waals surface area (Å²) in [6.45, 7) is 7.82. The summed E-state index contributed by atoms with van der Waals surface area (Å²) >= 11 is 1.64. The predicted molar refractivity (Wildman–Crippen MR) is 82.1 cm³/mol. The quantitative estimate of drug-likeness (QED) is 0.888. The highest BCUT2D eigenvalue weighted by molar-refractivity contribution is 7.11. The minimum atomic E-state index is 0.0995. The monoisotopic (exact) mass is 291 g/mol. The molecule has 0 spiro atoms. The van der Waals surface area contributed by atoms with E-state index in [1.807, 2.05) is 30.3 Å². The van der Waals surface area contributed by atoms with Crippen LogP contribution in [0.1, 0.15) is 30.8 Å². The van der Waals surface area contributed by atoms with Crippen LogP contribution in [0.4, 0.5) is 0 Å². The number of hydrogen-bond acceptors (Lipinski definition) is 5. The standard InChI is InChI=1S/C15H21N3OS/c1-15(2,3)16-11-14-18-17-13(20-14)9-10-19-12-7-5-4-6-8-12/h4-8,16H,9-11H2,1-3H3. The summed E-state index contributed by atoms with van der Waals surface area (Å²) in [6, 6.07) is 9.83. The minimum absolute atomic E-state index is 0.0995. The van der Waals surface area contributed by atoms with Crippen LogP contribution in [0.5, 0.6) is 5.75 Å². The van der Waals surface area contributed by atoms with Crippen LogP contribution in [0.25, 0.3) is 0 Å². The number of nitrogens with one attached hydrogen (secondary N) is 1. The van der Waals surface area contributed by atoms with E-state index in [1.54, 1.807) is 11.3 Å². The number of rotatable bonds is 6. The second kappa shape index (κ2) is 6.81. The van der Waals surface area contributed by atoms with Gasteiger partial charge in [0.25, 0.3) is 0 Å². The molecular formula is C15H21N3OS. The summed E-state index contributed by atoms with van der Waals surface area (Å²) in [5, 5.41) is 13.8. The molecule has 1 heterocycles. The van der Waals surface area contributed by atoms with Gasteiger partial charge in [-0.1, -0.05) is 18.2 Å². The molecule has 1 aromatic heterocycles. The van der Waals surface area contributed by atoms with E-state index in [2.05, 4.69) is 36.3 Å². The Labute approximate surface area is 124 Å². The molecule has 0 unspecified atom stereocenters. The highest BCUT2D eigenvalue weighted by Crippen LogP contribution is 2.13. The van der Waals surface area contributed by atoms with Crippen LogP contribution in [0, 0.1) is 0 Å². The molecule has 0 bridgehead atoms. The molecule has 0 aliphatic carbocycles. The van der Waals surface area contributed by atoms with Crippen LogP contribution in [-0.2, 0) is 13.0 Å². The molecule has 108 valence electrons. The van der Waals surface area contributed by atoms with Crippen LogP contribution < -0.4 is 10.1 Å². The molecule has 20 heavy (non-hydrogen) atoms. The van der Waals surface area contributed by atoms with Gasteiger partial charge in [0.05, 0.1) is 13.2 Å². The van der Waals surface area contributed by atoms with E-state index in [-0.39, 0.29) is 5.54 Å². The summed E-state index contributed by atoms with van der Waals surface area (Å²) in [6.07, 6.45) is 0.794. The molecular weight excluding hydrogens is 270 g/mol. The maximum Gasteiger partial charge on any atom is 0.131 e.